The van der Waals surface area contributed by atoms with E-state index in [0.29, 0.717) is 48.9 Å². The summed E-state index contributed by atoms with van der Waals surface area (Å²) < 4.78 is 19.1. The van der Waals surface area contributed by atoms with Gasteiger partial charge in [0.15, 0.2) is 0 Å². The van der Waals surface area contributed by atoms with Gasteiger partial charge in [-0.3, -0.25) is 9.69 Å². The minimum Gasteiger partial charge on any atom is -0.340 e. The molecule has 1 saturated heterocycles. The van der Waals surface area contributed by atoms with Gasteiger partial charge in [0.05, 0.1) is 13.0 Å². The molecule has 0 bridgehead atoms. The number of aryl methyl sites for hydroxylation is 2. The molecule has 0 spiro atoms. The summed E-state index contributed by atoms with van der Waals surface area (Å²) in [7, 11) is 0. The van der Waals surface area contributed by atoms with Crippen LogP contribution < -0.4 is 0 Å². The van der Waals surface area contributed by atoms with Crippen molar-refractivity contribution in [1.29, 1.82) is 0 Å². The summed E-state index contributed by atoms with van der Waals surface area (Å²) in [6.45, 7) is 7.11. The Morgan fingerprint density at radius 2 is 1.83 bits per heavy atom. The molecular formula is C23H25FN4O2. The lowest BCUT2D eigenvalue weighted by Gasteiger charge is -2.34. The number of amides is 1. The molecule has 0 saturated carbocycles. The summed E-state index contributed by atoms with van der Waals surface area (Å²) in [4.78, 5) is 21.1. The number of halogens is 1. The van der Waals surface area contributed by atoms with Crippen LogP contribution in [0.5, 0.6) is 0 Å². The Kier molecular flexibility index (Phi) is 5.90. The lowest BCUT2D eigenvalue weighted by Crippen LogP contribution is -2.48. The van der Waals surface area contributed by atoms with Gasteiger partial charge in [0, 0.05) is 31.7 Å². The summed E-state index contributed by atoms with van der Waals surface area (Å²) in [5.74, 6) is 0.748. The van der Waals surface area contributed by atoms with E-state index < -0.39 is 0 Å². The van der Waals surface area contributed by atoms with Gasteiger partial charge in [-0.05, 0) is 36.6 Å². The van der Waals surface area contributed by atoms with Crippen molar-refractivity contribution in [1.82, 2.24) is 19.9 Å². The van der Waals surface area contributed by atoms with E-state index >= 15 is 0 Å². The van der Waals surface area contributed by atoms with Crippen LogP contribution in [0.4, 0.5) is 4.39 Å². The second-order valence-corrected chi connectivity index (χ2v) is 7.74. The Hall–Kier alpha value is -3.06. The fraction of sp³-hybridized carbons (Fsp3) is 0.348. The summed E-state index contributed by atoms with van der Waals surface area (Å²) in [6.07, 6.45) is 0.437. The molecule has 1 aromatic heterocycles. The molecule has 0 atom stereocenters. The van der Waals surface area contributed by atoms with Crippen LogP contribution in [-0.4, -0.2) is 52.0 Å². The molecule has 0 aliphatic carbocycles. The van der Waals surface area contributed by atoms with E-state index in [2.05, 4.69) is 15.0 Å². The summed E-state index contributed by atoms with van der Waals surface area (Å²) >= 11 is 0. The number of rotatable bonds is 5. The Morgan fingerprint density at radius 1 is 1.07 bits per heavy atom. The molecule has 7 heteroatoms. The highest BCUT2D eigenvalue weighted by Crippen LogP contribution is 2.20. The topological polar surface area (TPSA) is 62.5 Å². The number of hydrogen-bond acceptors (Lipinski definition) is 5. The van der Waals surface area contributed by atoms with Gasteiger partial charge in [0.25, 0.3) is 0 Å². The number of nitrogens with zero attached hydrogens (tertiary/aromatic N) is 4. The van der Waals surface area contributed by atoms with Gasteiger partial charge < -0.3 is 9.42 Å². The lowest BCUT2D eigenvalue weighted by molar-refractivity contribution is -0.132. The van der Waals surface area contributed by atoms with E-state index in [1.807, 2.05) is 36.1 Å². The van der Waals surface area contributed by atoms with Crippen LogP contribution in [0, 0.1) is 19.7 Å². The van der Waals surface area contributed by atoms with Gasteiger partial charge in [0.2, 0.25) is 17.6 Å². The van der Waals surface area contributed by atoms with E-state index in [0.717, 1.165) is 24.2 Å². The number of carbonyl (C=O) groups excluding carboxylic acids is 1. The molecule has 156 valence electrons. The third-order valence-corrected chi connectivity index (χ3v) is 5.58. The lowest BCUT2D eigenvalue weighted by atomic mass is 10.1. The third kappa shape index (κ3) is 4.57. The van der Waals surface area contributed by atoms with E-state index in [4.69, 9.17) is 4.52 Å². The summed E-state index contributed by atoms with van der Waals surface area (Å²) in [5.41, 5.74) is 3.40. The SMILES string of the molecule is Cc1ccc(-c2noc(CN3CCN(C(=O)Cc4ccccc4C)CC3)n2)cc1F. The predicted molar refractivity (Wildman–Crippen MR) is 111 cm³/mol. The highest BCUT2D eigenvalue weighted by molar-refractivity contribution is 5.79. The van der Waals surface area contributed by atoms with Crippen molar-refractivity contribution in [3.05, 3.63) is 70.9 Å². The molecule has 2 heterocycles. The smallest absolute Gasteiger partial charge is 0.241 e. The molecule has 0 radical (unpaired) electrons. The molecule has 1 aliphatic heterocycles. The normalized spacial score (nSPS) is 14.8. The van der Waals surface area contributed by atoms with E-state index in [-0.39, 0.29) is 11.7 Å². The predicted octanol–water partition coefficient (Wildman–Crippen LogP) is 3.38. The molecule has 4 rings (SSSR count). The van der Waals surface area contributed by atoms with Crippen molar-refractivity contribution < 1.29 is 13.7 Å². The van der Waals surface area contributed by atoms with Crippen molar-refractivity contribution in [3.63, 3.8) is 0 Å². The number of benzene rings is 2. The van der Waals surface area contributed by atoms with Crippen LogP contribution in [-0.2, 0) is 17.8 Å². The first-order chi connectivity index (χ1) is 14.5. The Morgan fingerprint density at radius 3 is 2.57 bits per heavy atom. The van der Waals surface area contributed by atoms with Crippen molar-refractivity contribution in [2.45, 2.75) is 26.8 Å². The fourth-order valence-corrected chi connectivity index (χ4v) is 3.60. The van der Waals surface area contributed by atoms with Crippen molar-refractivity contribution in [2.24, 2.45) is 0 Å². The third-order valence-electron chi connectivity index (χ3n) is 5.58. The zero-order valence-electron chi connectivity index (χ0n) is 17.3. The molecule has 1 aliphatic rings. The zero-order valence-corrected chi connectivity index (χ0v) is 17.3. The van der Waals surface area contributed by atoms with Gasteiger partial charge in [0.1, 0.15) is 5.82 Å². The maximum atomic E-state index is 13.8. The highest BCUT2D eigenvalue weighted by Gasteiger charge is 2.23. The van der Waals surface area contributed by atoms with Gasteiger partial charge in [-0.15, -0.1) is 0 Å². The minimum absolute atomic E-state index is 0.158. The first kappa shape index (κ1) is 20.2. The Balaban J connectivity index is 1.31. The number of carbonyl (C=O) groups is 1. The second kappa shape index (κ2) is 8.75. The molecule has 3 aromatic rings. The Labute approximate surface area is 175 Å². The van der Waals surface area contributed by atoms with Crippen molar-refractivity contribution in [2.75, 3.05) is 26.2 Å². The summed E-state index contributed by atoms with van der Waals surface area (Å²) in [5, 5.41) is 3.98. The number of aromatic nitrogens is 2. The van der Waals surface area contributed by atoms with Crippen LogP contribution in [0.15, 0.2) is 47.0 Å². The van der Waals surface area contributed by atoms with Crippen LogP contribution in [0.2, 0.25) is 0 Å². The van der Waals surface area contributed by atoms with Gasteiger partial charge in [-0.2, -0.15) is 4.98 Å². The first-order valence-corrected chi connectivity index (χ1v) is 10.1. The Bertz CT molecular complexity index is 1040. The van der Waals surface area contributed by atoms with E-state index in [9.17, 15) is 9.18 Å². The van der Waals surface area contributed by atoms with Gasteiger partial charge in [-0.1, -0.05) is 41.6 Å². The molecule has 0 N–H and O–H groups in total. The van der Waals surface area contributed by atoms with Gasteiger partial charge >= 0.3 is 0 Å². The first-order valence-electron chi connectivity index (χ1n) is 10.1. The largest absolute Gasteiger partial charge is 0.340 e. The van der Waals surface area contributed by atoms with E-state index in [1.54, 1.807) is 19.1 Å². The maximum absolute atomic E-state index is 13.8. The number of hydrogen-bond donors (Lipinski definition) is 0. The fourth-order valence-electron chi connectivity index (χ4n) is 3.60. The average molecular weight is 408 g/mol. The van der Waals surface area contributed by atoms with Crippen LogP contribution >= 0.6 is 0 Å². The number of piperazine rings is 1. The van der Waals surface area contributed by atoms with Crippen molar-refractivity contribution in [3.8, 4) is 11.4 Å². The molecule has 1 fully saturated rings. The molecule has 2 aromatic carbocycles. The molecule has 30 heavy (non-hydrogen) atoms. The highest BCUT2D eigenvalue weighted by atomic mass is 19.1. The average Bonchev–Trinajstić information content (AvgIpc) is 3.21. The maximum Gasteiger partial charge on any atom is 0.241 e. The summed E-state index contributed by atoms with van der Waals surface area (Å²) in [6, 6.07) is 12.9. The zero-order chi connectivity index (χ0) is 21.1. The van der Waals surface area contributed by atoms with Gasteiger partial charge in [-0.25, -0.2) is 4.39 Å². The van der Waals surface area contributed by atoms with Crippen LogP contribution in [0.1, 0.15) is 22.6 Å². The van der Waals surface area contributed by atoms with E-state index in [1.165, 1.54) is 6.07 Å². The monoisotopic (exact) mass is 408 g/mol. The van der Waals surface area contributed by atoms with Crippen LogP contribution in [0.25, 0.3) is 11.4 Å². The van der Waals surface area contributed by atoms with Crippen molar-refractivity contribution >= 4 is 5.91 Å². The molecule has 0 unspecified atom stereocenters. The molecular weight excluding hydrogens is 383 g/mol. The standard InChI is InChI=1S/C23H25FN4O2/c1-16-5-3-4-6-18(16)14-22(29)28-11-9-27(10-12-28)15-21-25-23(26-30-21)19-8-7-17(2)20(24)13-19/h3-8,13H,9-12,14-15H2,1-2H3. The quantitative estimate of drug-likeness (QED) is 0.648. The molecule has 6 nitrogen and oxygen atoms in total. The minimum atomic E-state index is -0.287. The second-order valence-electron chi connectivity index (χ2n) is 7.74. The molecule has 1 amide bonds. The van der Waals surface area contributed by atoms with Crippen LogP contribution in [0.3, 0.4) is 0 Å².